The highest BCUT2D eigenvalue weighted by atomic mass is 79.9. The van der Waals surface area contributed by atoms with Gasteiger partial charge >= 0.3 is 0 Å². The van der Waals surface area contributed by atoms with E-state index in [9.17, 15) is 4.39 Å². The molecule has 1 atom stereocenters. The third-order valence-electron chi connectivity index (χ3n) is 2.86. The first-order valence-corrected chi connectivity index (χ1v) is 6.46. The van der Waals surface area contributed by atoms with Crippen LogP contribution >= 0.6 is 15.9 Å². The van der Waals surface area contributed by atoms with Gasteiger partial charge in [-0.2, -0.15) is 0 Å². The standard InChI is InChI=1S/C14H14BrFN2/c1-9-2-3-18-8-13(9)14(17)6-10-4-11(15)7-12(16)5-10/h2-5,7-8,14H,6,17H2,1H3. The van der Waals surface area contributed by atoms with Crippen LogP contribution in [0.25, 0.3) is 0 Å². The number of rotatable bonds is 3. The Morgan fingerprint density at radius 3 is 2.83 bits per heavy atom. The molecule has 1 aromatic carbocycles. The molecule has 18 heavy (non-hydrogen) atoms. The van der Waals surface area contributed by atoms with Crippen LogP contribution in [0, 0.1) is 12.7 Å². The molecule has 2 N–H and O–H groups in total. The summed E-state index contributed by atoms with van der Waals surface area (Å²) >= 11 is 3.28. The molecule has 0 aliphatic carbocycles. The van der Waals surface area contributed by atoms with Gasteiger partial charge in [0.2, 0.25) is 0 Å². The Morgan fingerprint density at radius 1 is 1.39 bits per heavy atom. The first-order valence-electron chi connectivity index (χ1n) is 5.67. The van der Waals surface area contributed by atoms with E-state index >= 15 is 0 Å². The summed E-state index contributed by atoms with van der Waals surface area (Å²) in [6.45, 7) is 2.00. The highest BCUT2D eigenvalue weighted by Gasteiger charge is 2.11. The molecule has 0 radical (unpaired) electrons. The zero-order chi connectivity index (χ0) is 13.1. The number of nitrogens with zero attached hydrogens (tertiary/aromatic N) is 1. The lowest BCUT2D eigenvalue weighted by Crippen LogP contribution is -2.15. The number of halogens is 2. The Labute approximate surface area is 114 Å². The van der Waals surface area contributed by atoms with E-state index in [1.807, 2.05) is 19.1 Å². The lowest BCUT2D eigenvalue weighted by atomic mass is 9.98. The molecule has 1 aromatic heterocycles. The Hall–Kier alpha value is -1.26. The number of hydrogen-bond acceptors (Lipinski definition) is 2. The number of aromatic nitrogens is 1. The predicted octanol–water partition coefficient (Wildman–Crippen LogP) is 3.53. The van der Waals surface area contributed by atoms with Gasteiger partial charge in [-0.05, 0) is 54.3 Å². The first-order chi connectivity index (χ1) is 8.56. The van der Waals surface area contributed by atoms with Crippen molar-refractivity contribution in [3.05, 3.63) is 63.6 Å². The fourth-order valence-corrected chi connectivity index (χ4v) is 2.47. The molecule has 0 fully saturated rings. The molecule has 1 heterocycles. The van der Waals surface area contributed by atoms with Gasteiger partial charge in [-0.25, -0.2) is 4.39 Å². The second-order valence-corrected chi connectivity index (χ2v) is 5.24. The maximum Gasteiger partial charge on any atom is 0.124 e. The molecule has 94 valence electrons. The van der Waals surface area contributed by atoms with Crippen LogP contribution in [0.4, 0.5) is 4.39 Å². The minimum atomic E-state index is -0.255. The summed E-state index contributed by atoms with van der Waals surface area (Å²) < 4.78 is 14.0. The molecule has 0 amide bonds. The topological polar surface area (TPSA) is 38.9 Å². The summed E-state index contributed by atoms with van der Waals surface area (Å²) in [5.74, 6) is -0.255. The quantitative estimate of drug-likeness (QED) is 0.942. The summed E-state index contributed by atoms with van der Waals surface area (Å²) in [6, 6.07) is 6.58. The molecule has 0 aliphatic rings. The van der Waals surface area contributed by atoms with E-state index < -0.39 is 0 Å². The largest absolute Gasteiger partial charge is 0.324 e. The molecule has 0 saturated carbocycles. The molecule has 0 saturated heterocycles. The Kier molecular flexibility index (Phi) is 4.09. The van der Waals surface area contributed by atoms with Crippen molar-refractivity contribution in [2.24, 2.45) is 5.73 Å². The van der Waals surface area contributed by atoms with Crippen molar-refractivity contribution < 1.29 is 4.39 Å². The van der Waals surface area contributed by atoms with Crippen LogP contribution < -0.4 is 5.73 Å². The zero-order valence-electron chi connectivity index (χ0n) is 10.0. The van der Waals surface area contributed by atoms with Crippen LogP contribution in [-0.4, -0.2) is 4.98 Å². The highest BCUT2D eigenvalue weighted by molar-refractivity contribution is 9.10. The van der Waals surface area contributed by atoms with Crippen LogP contribution in [0.5, 0.6) is 0 Å². The maximum atomic E-state index is 13.3. The van der Waals surface area contributed by atoms with Gasteiger partial charge in [-0.15, -0.1) is 0 Å². The zero-order valence-corrected chi connectivity index (χ0v) is 11.6. The van der Waals surface area contributed by atoms with E-state index in [2.05, 4.69) is 20.9 Å². The number of hydrogen-bond donors (Lipinski definition) is 1. The van der Waals surface area contributed by atoms with Crippen molar-refractivity contribution in [2.75, 3.05) is 0 Å². The third kappa shape index (κ3) is 3.15. The highest BCUT2D eigenvalue weighted by Crippen LogP contribution is 2.21. The van der Waals surface area contributed by atoms with Crippen LogP contribution in [0.1, 0.15) is 22.7 Å². The smallest absolute Gasteiger partial charge is 0.124 e. The van der Waals surface area contributed by atoms with Gasteiger partial charge < -0.3 is 5.73 Å². The lowest BCUT2D eigenvalue weighted by Gasteiger charge is -2.14. The van der Waals surface area contributed by atoms with Crippen LogP contribution in [0.3, 0.4) is 0 Å². The molecule has 1 unspecified atom stereocenters. The molecule has 2 nitrogen and oxygen atoms in total. The van der Waals surface area contributed by atoms with Gasteiger partial charge in [-0.1, -0.05) is 15.9 Å². The van der Waals surface area contributed by atoms with Crippen molar-refractivity contribution in [2.45, 2.75) is 19.4 Å². The number of pyridine rings is 1. The van der Waals surface area contributed by atoms with Gasteiger partial charge in [0.25, 0.3) is 0 Å². The van der Waals surface area contributed by atoms with Gasteiger partial charge in [0.05, 0.1) is 0 Å². The van der Waals surface area contributed by atoms with Crippen LogP contribution in [-0.2, 0) is 6.42 Å². The lowest BCUT2D eigenvalue weighted by molar-refractivity contribution is 0.620. The van der Waals surface area contributed by atoms with Gasteiger partial charge in [0.1, 0.15) is 5.82 Å². The number of benzene rings is 1. The minimum Gasteiger partial charge on any atom is -0.324 e. The SMILES string of the molecule is Cc1ccncc1C(N)Cc1cc(F)cc(Br)c1. The first kappa shape index (κ1) is 13.2. The van der Waals surface area contributed by atoms with Crippen LogP contribution in [0.15, 0.2) is 41.1 Å². The van der Waals surface area contributed by atoms with E-state index in [4.69, 9.17) is 5.73 Å². The fraction of sp³-hybridized carbons (Fsp3) is 0.214. The number of nitrogens with two attached hydrogens (primary N) is 1. The van der Waals surface area contributed by atoms with Crippen molar-refractivity contribution >= 4 is 15.9 Å². The average Bonchev–Trinajstić information content (AvgIpc) is 2.27. The molecular weight excluding hydrogens is 295 g/mol. The Balaban J connectivity index is 2.21. The molecule has 0 bridgehead atoms. The van der Waals surface area contributed by atoms with Gasteiger partial charge in [-0.3, -0.25) is 4.98 Å². The summed E-state index contributed by atoms with van der Waals surface area (Å²) in [7, 11) is 0. The Bertz CT molecular complexity index is 537. The van der Waals surface area contributed by atoms with Crippen molar-refractivity contribution in [3.63, 3.8) is 0 Å². The Morgan fingerprint density at radius 2 is 2.17 bits per heavy atom. The molecule has 4 heteroatoms. The minimum absolute atomic E-state index is 0.174. The van der Waals surface area contributed by atoms with Crippen molar-refractivity contribution in [1.29, 1.82) is 0 Å². The normalized spacial score (nSPS) is 12.4. The molecule has 0 spiro atoms. The third-order valence-corrected chi connectivity index (χ3v) is 3.31. The molecule has 2 rings (SSSR count). The molecule has 0 aliphatic heterocycles. The van der Waals surface area contributed by atoms with Gasteiger partial charge in [0, 0.05) is 22.9 Å². The maximum absolute atomic E-state index is 13.3. The second-order valence-electron chi connectivity index (χ2n) is 4.32. The van der Waals surface area contributed by atoms with E-state index in [1.54, 1.807) is 12.4 Å². The van der Waals surface area contributed by atoms with E-state index in [0.29, 0.717) is 6.42 Å². The summed E-state index contributed by atoms with van der Waals surface area (Å²) in [6.07, 6.45) is 4.10. The number of aryl methyl sites for hydroxylation is 1. The van der Waals surface area contributed by atoms with E-state index in [1.165, 1.54) is 12.1 Å². The van der Waals surface area contributed by atoms with Crippen molar-refractivity contribution in [1.82, 2.24) is 4.98 Å². The summed E-state index contributed by atoms with van der Waals surface area (Å²) in [5, 5.41) is 0. The predicted molar refractivity (Wildman–Crippen MR) is 73.7 cm³/mol. The van der Waals surface area contributed by atoms with Gasteiger partial charge in [0.15, 0.2) is 0 Å². The average molecular weight is 309 g/mol. The molecule has 2 aromatic rings. The van der Waals surface area contributed by atoms with Crippen LogP contribution in [0.2, 0.25) is 0 Å². The summed E-state index contributed by atoms with van der Waals surface area (Å²) in [4.78, 5) is 4.08. The molecular formula is C14H14BrFN2. The van der Waals surface area contributed by atoms with Crippen molar-refractivity contribution in [3.8, 4) is 0 Å². The summed E-state index contributed by atoms with van der Waals surface area (Å²) in [5.41, 5.74) is 9.13. The monoisotopic (exact) mass is 308 g/mol. The van der Waals surface area contributed by atoms with E-state index in [0.717, 1.165) is 21.2 Å². The van der Waals surface area contributed by atoms with E-state index in [-0.39, 0.29) is 11.9 Å². The second kappa shape index (κ2) is 5.59. The fourth-order valence-electron chi connectivity index (χ4n) is 1.96.